The molecule has 0 aliphatic heterocycles. The molecule has 0 saturated heterocycles. The van der Waals surface area contributed by atoms with Gasteiger partial charge in [0, 0.05) is 28.5 Å². The highest BCUT2D eigenvalue weighted by molar-refractivity contribution is 7.22. The van der Waals surface area contributed by atoms with Crippen molar-refractivity contribution in [3.05, 3.63) is 72.6 Å². The number of aromatic nitrogens is 3. The Hall–Kier alpha value is -3.64. The van der Waals surface area contributed by atoms with Gasteiger partial charge in [-0.25, -0.2) is 4.98 Å². The summed E-state index contributed by atoms with van der Waals surface area (Å²) < 4.78 is 7.02. The van der Waals surface area contributed by atoms with Crippen molar-refractivity contribution in [3.8, 4) is 10.8 Å². The first kappa shape index (κ1) is 16.3. The van der Waals surface area contributed by atoms with Crippen LogP contribution in [0.25, 0.3) is 43.0 Å². The number of nitrogens with zero attached hydrogens (tertiary/aromatic N) is 2. The van der Waals surface area contributed by atoms with Crippen LogP contribution in [0.2, 0.25) is 0 Å². The number of thiophene rings is 1. The highest BCUT2D eigenvalue weighted by atomic mass is 32.1. The van der Waals surface area contributed by atoms with Crippen molar-refractivity contribution in [2.45, 2.75) is 6.92 Å². The zero-order chi connectivity index (χ0) is 19.4. The zero-order valence-electron chi connectivity index (χ0n) is 15.6. The van der Waals surface area contributed by atoms with Crippen molar-refractivity contribution in [1.29, 1.82) is 0 Å². The van der Waals surface area contributed by atoms with E-state index in [1.165, 1.54) is 5.39 Å². The normalized spacial score (nSPS) is 11.6. The van der Waals surface area contributed by atoms with E-state index < -0.39 is 0 Å². The van der Waals surface area contributed by atoms with Crippen LogP contribution in [0.5, 0.6) is 0 Å². The Morgan fingerprint density at radius 2 is 1.93 bits per heavy atom. The van der Waals surface area contributed by atoms with Gasteiger partial charge in [-0.1, -0.05) is 12.1 Å². The lowest BCUT2D eigenvalue weighted by Gasteiger charge is -2.07. The van der Waals surface area contributed by atoms with Gasteiger partial charge in [0.15, 0.2) is 5.58 Å². The molecule has 0 bridgehead atoms. The molecule has 0 radical (unpaired) electrons. The Morgan fingerprint density at radius 3 is 2.86 bits per heavy atom. The molecule has 0 fully saturated rings. The number of H-pyrrole nitrogens is 1. The minimum atomic E-state index is 0.629. The van der Waals surface area contributed by atoms with Crippen LogP contribution in [-0.4, -0.2) is 15.0 Å². The van der Waals surface area contributed by atoms with Gasteiger partial charge in [0.1, 0.15) is 5.52 Å². The first-order valence-corrected chi connectivity index (χ1v) is 10.2. The summed E-state index contributed by atoms with van der Waals surface area (Å²) in [5, 5.41) is 4.74. The van der Waals surface area contributed by atoms with Crippen molar-refractivity contribution in [1.82, 2.24) is 15.0 Å². The van der Waals surface area contributed by atoms with Crippen LogP contribution in [0.15, 0.2) is 71.3 Å². The zero-order valence-corrected chi connectivity index (χ0v) is 16.4. The Kier molecular flexibility index (Phi) is 3.48. The summed E-state index contributed by atoms with van der Waals surface area (Å²) in [6, 6.07) is 20.3. The number of aromatic amines is 1. The maximum atomic E-state index is 5.94. The topological polar surface area (TPSA) is 66.7 Å². The maximum Gasteiger partial charge on any atom is 0.237 e. The average molecular weight is 396 g/mol. The molecule has 29 heavy (non-hydrogen) atoms. The lowest BCUT2D eigenvalue weighted by Crippen LogP contribution is -1.90. The molecule has 2 N–H and O–H groups in total. The number of hydrogen-bond acceptors (Lipinski definition) is 5. The van der Waals surface area contributed by atoms with Gasteiger partial charge in [-0.05, 0) is 55.5 Å². The molecule has 4 heterocycles. The molecule has 6 heteroatoms. The fraction of sp³-hybridized carbons (Fsp3) is 0.0435. The van der Waals surface area contributed by atoms with Crippen molar-refractivity contribution < 1.29 is 4.42 Å². The third-order valence-corrected chi connectivity index (χ3v) is 6.10. The summed E-state index contributed by atoms with van der Waals surface area (Å²) in [7, 11) is 0. The Balaban J connectivity index is 1.42. The van der Waals surface area contributed by atoms with Gasteiger partial charge < -0.3 is 14.7 Å². The predicted molar refractivity (Wildman–Crippen MR) is 119 cm³/mol. The van der Waals surface area contributed by atoms with Crippen LogP contribution >= 0.6 is 11.3 Å². The Morgan fingerprint density at radius 1 is 1.00 bits per heavy atom. The quantitative estimate of drug-likeness (QED) is 0.352. The number of pyridine rings is 1. The van der Waals surface area contributed by atoms with E-state index in [1.807, 2.05) is 42.6 Å². The van der Waals surface area contributed by atoms with Gasteiger partial charge in [0.05, 0.1) is 20.8 Å². The van der Waals surface area contributed by atoms with E-state index in [0.29, 0.717) is 5.89 Å². The first-order valence-electron chi connectivity index (χ1n) is 9.34. The van der Waals surface area contributed by atoms with E-state index in [4.69, 9.17) is 4.42 Å². The third kappa shape index (κ3) is 2.77. The van der Waals surface area contributed by atoms with E-state index in [0.717, 1.165) is 48.8 Å². The Bertz CT molecular complexity index is 1470. The average Bonchev–Trinajstić information content (AvgIpc) is 3.42. The molecule has 0 aliphatic carbocycles. The van der Waals surface area contributed by atoms with E-state index in [1.54, 1.807) is 11.3 Å². The van der Waals surface area contributed by atoms with Crippen LogP contribution in [0.4, 0.5) is 11.4 Å². The largest absolute Gasteiger partial charge is 0.435 e. The third-order valence-electron chi connectivity index (χ3n) is 4.95. The molecule has 2 aromatic carbocycles. The number of benzene rings is 2. The molecule has 4 aromatic heterocycles. The number of oxazole rings is 1. The lowest BCUT2D eigenvalue weighted by atomic mass is 10.2. The van der Waals surface area contributed by atoms with Crippen LogP contribution < -0.4 is 5.32 Å². The maximum absolute atomic E-state index is 5.94. The number of nitrogens with one attached hydrogen (secondary N) is 2. The van der Waals surface area contributed by atoms with Crippen LogP contribution in [0.3, 0.4) is 0 Å². The summed E-state index contributed by atoms with van der Waals surface area (Å²) in [5.74, 6) is 0.629. The second kappa shape index (κ2) is 6.18. The number of anilines is 2. The summed E-state index contributed by atoms with van der Waals surface area (Å²) in [4.78, 5) is 13.5. The van der Waals surface area contributed by atoms with Crippen LogP contribution in [0, 0.1) is 6.92 Å². The summed E-state index contributed by atoms with van der Waals surface area (Å²) in [6.45, 7) is 2.07. The summed E-state index contributed by atoms with van der Waals surface area (Å²) in [6.07, 6.45) is 1.83. The van der Waals surface area contributed by atoms with Gasteiger partial charge >= 0.3 is 0 Å². The highest BCUT2D eigenvalue weighted by Crippen LogP contribution is 2.38. The smallest absolute Gasteiger partial charge is 0.237 e. The molecule has 0 aliphatic rings. The molecule has 6 rings (SSSR count). The molecular weight excluding hydrogens is 380 g/mol. The van der Waals surface area contributed by atoms with Crippen molar-refractivity contribution in [2.24, 2.45) is 0 Å². The number of para-hydroxylation sites is 2. The number of rotatable bonds is 3. The van der Waals surface area contributed by atoms with Crippen molar-refractivity contribution in [3.63, 3.8) is 0 Å². The molecule has 0 spiro atoms. The predicted octanol–water partition coefficient (Wildman–Crippen LogP) is 6.64. The molecule has 0 saturated carbocycles. The van der Waals surface area contributed by atoms with Gasteiger partial charge in [-0.3, -0.25) is 4.98 Å². The van der Waals surface area contributed by atoms with E-state index in [9.17, 15) is 0 Å². The van der Waals surface area contributed by atoms with Gasteiger partial charge in [-0.15, -0.1) is 11.3 Å². The minimum Gasteiger partial charge on any atom is -0.435 e. The van der Waals surface area contributed by atoms with Gasteiger partial charge in [-0.2, -0.15) is 0 Å². The molecule has 0 amide bonds. The first-order chi connectivity index (χ1) is 14.2. The van der Waals surface area contributed by atoms with Crippen LogP contribution in [0.1, 0.15) is 5.69 Å². The standard InChI is InChI=1S/C23H16N4OS/c1-13-10-14-11-15(6-7-16(14)25-13)26-18-8-9-24-19-12-21(29-22(18)19)23-27-17-4-2-3-5-20(17)28-23/h2-12,25H,1H3,(H,24,26). The number of hydrogen-bond donors (Lipinski definition) is 2. The molecule has 6 aromatic rings. The second-order valence-electron chi connectivity index (χ2n) is 7.05. The Labute approximate surface area is 170 Å². The van der Waals surface area contributed by atoms with Crippen molar-refractivity contribution in [2.75, 3.05) is 5.32 Å². The molecule has 0 unspecified atom stereocenters. The highest BCUT2D eigenvalue weighted by Gasteiger charge is 2.14. The van der Waals surface area contributed by atoms with Crippen LogP contribution in [-0.2, 0) is 0 Å². The molecule has 5 nitrogen and oxygen atoms in total. The number of aryl methyl sites for hydroxylation is 1. The van der Waals surface area contributed by atoms with Gasteiger partial charge in [0.25, 0.3) is 0 Å². The van der Waals surface area contributed by atoms with E-state index in [2.05, 4.69) is 51.5 Å². The SMILES string of the molecule is Cc1cc2cc(Nc3ccnc4cc(-c5nc6ccccc6o5)sc34)ccc2[nH]1. The van der Waals surface area contributed by atoms with E-state index in [-0.39, 0.29) is 0 Å². The monoisotopic (exact) mass is 396 g/mol. The summed E-state index contributed by atoms with van der Waals surface area (Å²) >= 11 is 1.63. The fourth-order valence-corrected chi connectivity index (χ4v) is 4.64. The van der Waals surface area contributed by atoms with Crippen molar-refractivity contribution >= 4 is 54.9 Å². The number of fused-ring (bicyclic) bond motifs is 3. The van der Waals surface area contributed by atoms with E-state index >= 15 is 0 Å². The fourth-order valence-electron chi connectivity index (χ4n) is 3.63. The second-order valence-corrected chi connectivity index (χ2v) is 8.10. The summed E-state index contributed by atoms with van der Waals surface area (Å²) in [5.41, 5.74) is 6.94. The molecule has 140 valence electrons. The minimum absolute atomic E-state index is 0.629. The molecular formula is C23H16N4OS. The lowest BCUT2D eigenvalue weighted by molar-refractivity contribution is 0.622. The van der Waals surface area contributed by atoms with Gasteiger partial charge in [0.2, 0.25) is 5.89 Å². The molecule has 0 atom stereocenters.